The minimum atomic E-state index is -0.708. The molecule has 0 heterocycles. The number of hydrogen-bond donors (Lipinski definition) is 3. The van der Waals surface area contributed by atoms with Gasteiger partial charge in [0.25, 0.3) is 0 Å². The van der Waals surface area contributed by atoms with Gasteiger partial charge in [-0.3, -0.25) is 0 Å². The van der Waals surface area contributed by atoms with Crippen molar-refractivity contribution in [2.45, 2.75) is 18.6 Å². The van der Waals surface area contributed by atoms with Gasteiger partial charge in [0, 0.05) is 6.04 Å². The van der Waals surface area contributed by atoms with Crippen molar-refractivity contribution in [3.05, 3.63) is 35.9 Å². The molecule has 0 aromatic heterocycles. The summed E-state index contributed by atoms with van der Waals surface area (Å²) in [7, 11) is 1.78. The highest BCUT2D eigenvalue weighted by Gasteiger charge is 2.16. The van der Waals surface area contributed by atoms with Crippen LogP contribution in [0, 0.1) is 0 Å². The van der Waals surface area contributed by atoms with Crippen molar-refractivity contribution in [3.8, 4) is 0 Å². The minimum Gasteiger partial charge on any atom is -0.394 e. The molecule has 2 unspecified atom stereocenters. The second-order valence-corrected chi connectivity index (χ2v) is 3.33. The molecule has 78 valence electrons. The van der Waals surface area contributed by atoms with Crippen LogP contribution in [-0.4, -0.2) is 36.0 Å². The van der Waals surface area contributed by atoms with Crippen LogP contribution in [0.5, 0.6) is 0 Å². The van der Waals surface area contributed by atoms with E-state index in [1.807, 2.05) is 30.3 Å². The van der Waals surface area contributed by atoms with Gasteiger partial charge in [-0.15, -0.1) is 0 Å². The van der Waals surface area contributed by atoms with Gasteiger partial charge in [-0.1, -0.05) is 30.3 Å². The van der Waals surface area contributed by atoms with Crippen LogP contribution in [0.25, 0.3) is 0 Å². The Morgan fingerprint density at radius 3 is 2.43 bits per heavy atom. The zero-order valence-corrected chi connectivity index (χ0v) is 8.35. The van der Waals surface area contributed by atoms with E-state index in [4.69, 9.17) is 5.11 Å². The number of likely N-dealkylation sites (N-methyl/N-ethyl adjacent to an activating group) is 1. The zero-order valence-electron chi connectivity index (χ0n) is 8.35. The molecule has 0 spiro atoms. The third-order valence-corrected chi connectivity index (χ3v) is 2.32. The van der Waals surface area contributed by atoms with Gasteiger partial charge in [-0.05, 0) is 19.0 Å². The summed E-state index contributed by atoms with van der Waals surface area (Å²) in [6, 6.07) is 9.81. The molecule has 1 aromatic rings. The molecule has 3 heteroatoms. The molecular formula is C11H17NO2. The molecule has 14 heavy (non-hydrogen) atoms. The van der Waals surface area contributed by atoms with E-state index < -0.39 is 6.10 Å². The van der Waals surface area contributed by atoms with E-state index in [-0.39, 0.29) is 12.6 Å². The fourth-order valence-corrected chi connectivity index (χ4v) is 1.43. The molecule has 0 saturated carbocycles. The quantitative estimate of drug-likeness (QED) is 0.628. The van der Waals surface area contributed by atoms with Crippen LogP contribution in [0.2, 0.25) is 0 Å². The van der Waals surface area contributed by atoms with Gasteiger partial charge >= 0.3 is 0 Å². The highest BCUT2D eigenvalue weighted by Crippen LogP contribution is 2.05. The summed E-state index contributed by atoms with van der Waals surface area (Å²) in [6.07, 6.45) is 0.0132. The topological polar surface area (TPSA) is 52.5 Å². The lowest BCUT2D eigenvalue weighted by molar-refractivity contribution is 0.0651. The SMILES string of the molecule is CNC(Cc1ccccc1)C(O)CO. The maximum Gasteiger partial charge on any atom is 0.0926 e. The summed E-state index contributed by atoms with van der Waals surface area (Å²) in [5.74, 6) is 0. The second kappa shape index (κ2) is 5.75. The fraction of sp³-hybridized carbons (Fsp3) is 0.455. The van der Waals surface area contributed by atoms with Gasteiger partial charge in [-0.25, -0.2) is 0 Å². The van der Waals surface area contributed by atoms with Crippen molar-refractivity contribution in [2.24, 2.45) is 0 Å². The average molecular weight is 195 g/mol. The predicted molar refractivity (Wildman–Crippen MR) is 56.1 cm³/mol. The summed E-state index contributed by atoms with van der Waals surface area (Å²) >= 11 is 0. The third-order valence-electron chi connectivity index (χ3n) is 2.32. The maximum atomic E-state index is 9.47. The van der Waals surface area contributed by atoms with Crippen molar-refractivity contribution < 1.29 is 10.2 Å². The number of nitrogens with one attached hydrogen (secondary N) is 1. The van der Waals surface area contributed by atoms with E-state index in [0.717, 1.165) is 12.0 Å². The monoisotopic (exact) mass is 195 g/mol. The van der Waals surface area contributed by atoms with Crippen LogP contribution >= 0.6 is 0 Å². The maximum absolute atomic E-state index is 9.47. The lowest BCUT2D eigenvalue weighted by atomic mass is 10.0. The Labute approximate surface area is 84.4 Å². The third kappa shape index (κ3) is 3.10. The summed E-state index contributed by atoms with van der Waals surface area (Å²) in [5, 5.41) is 21.3. The normalized spacial score (nSPS) is 15.1. The van der Waals surface area contributed by atoms with Gasteiger partial charge < -0.3 is 15.5 Å². The molecule has 0 fully saturated rings. The van der Waals surface area contributed by atoms with Gasteiger partial charge in [0.2, 0.25) is 0 Å². The van der Waals surface area contributed by atoms with Crippen LogP contribution < -0.4 is 5.32 Å². The number of aliphatic hydroxyl groups is 2. The Kier molecular flexibility index (Phi) is 4.59. The van der Waals surface area contributed by atoms with Crippen molar-refractivity contribution >= 4 is 0 Å². The molecule has 0 saturated heterocycles. The Morgan fingerprint density at radius 1 is 1.29 bits per heavy atom. The molecule has 3 nitrogen and oxygen atoms in total. The molecule has 1 rings (SSSR count). The Bertz CT molecular complexity index is 251. The molecule has 1 aromatic carbocycles. The predicted octanol–water partition coefficient (Wildman–Crippen LogP) is 0.170. The van der Waals surface area contributed by atoms with Crippen LogP contribution in [0.3, 0.4) is 0 Å². The van der Waals surface area contributed by atoms with E-state index in [2.05, 4.69) is 5.32 Å². The molecule has 0 bridgehead atoms. The molecule has 0 amide bonds. The smallest absolute Gasteiger partial charge is 0.0926 e. The highest BCUT2D eigenvalue weighted by atomic mass is 16.3. The molecule has 0 aliphatic heterocycles. The fourth-order valence-electron chi connectivity index (χ4n) is 1.43. The number of aliphatic hydroxyl groups excluding tert-OH is 2. The highest BCUT2D eigenvalue weighted by molar-refractivity contribution is 5.16. The molecular weight excluding hydrogens is 178 g/mol. The van der Waals surface area contributed by atoms with E-state index in [1.165, 1.54) is 0 Å². The van der Waals surface area contributed by atoms with Crippen LogP contribution in [0.1, 0.15) is 5.56 Å². The van der Waals surface area contributed by atoms with Crippen molar-refractivity contribution in [1.82, 2.24) is 5.32 Å². The standard InChI is InChI=1S/C11H17NO2/c1-12-10(11(14)8-13)7-9-5-3-2-4-6-9/h2-6,10-14H,7-8H2,1H3. The van der Waals surface area contributed by atoms with E-state index >= 15 is 0 Å². The summed E-state index contributed by atoms with van der Waals surface area (Å²) < 4.78 is 0. The van der Waals surface area contributed by atoms with E-state index in [0.29, 0.717) is 0 Å². The Morgan fingerprint density at radius 2 is 1.93 bits per heavy atom. The van der Waals surface area contributed by atoms with Crippen molar-refractivity contribution in [2.75, 3.05) is 13.7 Å². The van der Waals surface area contributed by atoms with Gasteiger partial charge in [-0.2, -0.15) is 0 Å². The lowest BCUT2D eigenvalue weighted by Gasteiger charge is -2.20. The summed E-state index contributed by atoms with van der Waals surface area (Å²) in [5.41, 5.74) is 1.15. The Hall–Kier alpha value is -0.900. The van der Waals surface area contributed by atoms with Crippen LogP contribution in [-0.2, 0) is 6.42 Å². The van der Waals surface area contributed by atoms with Crippen molar-refractivity contribution in [1.29, 1.82) is 0 Å². The first-order valence-corrected chi connectivity index (χ1v) is 4.78. The van der Waals surface area contributed by atoms with Crippen LogP contribution in [0.15, 0.2) is 30.3 Å². The van der Waals surface area contributed by atoms with Gasteiger partial charge in [0.15, 0.2) is 0 Å². The summed E-state index contributed by atoms with van der Waals surface area (Å²) in [6.45, 7) is -0.210. The molecule has 3 N–H and O–H groups in total. The molecule has 0 aliphatic rings. The second-order valence-electron chi connectivity index (χ2n) is 3.33. The van der Waals surface area contributed by atoms with Gasteiger partial charge in [0.05, 0.1) is 12.7 Å². The number of benzene rings is 1. The van der Waals surface area contributed by atoms with Crippen LogP contribution in [0.4, 0.5) is 0 Å². The first kappa shape index (κ1) is 11.2. The summed E-state index contributed by atoms with van der Waals surface area (Å²) in [4.78, 5) is 0. The molecule has 0 radical (unpaired) electrons. The first-order chi connectivity index (χ1) is 6.77. The largest absolute Gasteiger partial charge is 0.394 e. The van der Waals surface area contributed by atoms with E-state index in [9.17, 15) is 5.11 Å². The molecule has 2 atom stereocenters. The Balaban J connectivity index is 2.57. The van der Waals surface area contributed by atoms with Crippen molar-refractivity contribution in [3.63, 3.8) is 0 Å². The first-order valence-electron chi connectivity index (χ1n) is 4.78. The molecule has 0 aliphatic carbocycles. The zero-order chi connectivity index (χ0) is 10.4. The number of rotatable bonds is 5. The van der Waals surface area contributed by atoms with Gasteiger partial charge in [0.1, 0.15) is 0 Å². The average Bonchev–Trinajstić information content (AvgIpc) is 2.26. The lowest BCUT2D eigenvalue weighted by Crippen LogP contribution is -2.41. The minimum absolute atomic E-state index is 0.0950. The van der Waals surface area contributed by atoms with E-state index in [1.54, 1.807) is 7.05 Å². The number of hydrogen-bond acceptors (Lipinski definition) is 3.